The van der Waals surface area contributed by atoms with E-state index in [1.165, 1.54) is 16.7 Å². The molecule has 0 unspecified atom stereocenters. The van der Waals surface area contributed by atoms with Crippen molar-refractivity contribution in [3.05, 3.63) is 81.0 Å². The molecule has 0 radical (unpaired) electrons. The van der Waals surface area contributed by atoms with E-state index < -0.39 is 6.04 Å². The number of allylic oxidation sites excluding steroid dienone is 1. The van der Waals surface area contributed by atoms with Gasteiger partial charge in [-0.2, -0.15) is 4.98 Å². The minimum absolute atomic E-state index is 0.291. The molecule has 6 nitrogen and oxygen atoms in total. The molecule has 1 aliphatic rings. The molecule has 0 amide bonds. The van der Waals surface area contributed by atoms with E-state index in [1.807, 2.05) is 25.1 Å². The van der Waals surface area contributed by atoms with Crippen molar-refractivity contribution >= 4 is 35.3 Å². The standard InChI is InChI=1S/C24H25ClN4O2S/c1-5-31-22(30)20-16(4)26-23-27-24(32-13-18-11-14(2)9-10-15(18)3)28-29(23)21(20)17-7-6-8-19(25)12-17/h6-12,21H,5,13H2,1-4H3,(H,26,27,28)/t21-/m1/s1. The molecule has 0 saturated carbocycles. The van der Waals surface area contributed by atoms with E-state index in [0.29, 0.717) is 34.0 Å². The molecule has 3 aromatic rings. The zero-order valence-electron chi connectivity index (χ0n) is 18.5. The molecule has 8 heteroatoms. The number of benzene rings is 2. The largest absolute Gasteiger partial charge is 0.463 e. The molecule has 2 heterocycles. The maximum Gasteiger partial charge on any atom is 0.338 e. The fourth-order valence-electron chi connectivity index (χ4n) is 3.75. The van der Waals surface area contributed by atoms with Gasteiger partial charge in [0.05, 0.1) is 12.2 Å². The number of esters is 1. The Morgan fingerprint density at radius 3 is 2.78 bits per heavy atom. The molecule has 1 aromatic heterocycles. The van der Waals surface area contributed by atoms with Gasteiger partial charge in [-0.25, -0.2) is 9.48 Å². The maximum atomic E-state index is 12.9. The molecule has 1 atom stereocenters. The fraction of sp³-hybridized carbons (Fsp3) is 0.292. The molecule has 4 rings (SSSR count). The number of hydrogen-bond acceptors (Lipinski definition) is 6. The number of nitrogens with zero attached hydrogens (tertiary/aromatic N) is 3. The summed E-state index contributed by atoms with van der Waals surface area (Å²) >= 11 is 7.84. The Labute approximate surface area is 197 Å². The van der Waals surface area contributed by atoms with Gasteiger partial charge in [0, 0.05) is 16.5 Å². The number of carbonyl (C=O) groups is 1. The molecule has 0 aliphatic carbocycles. The van der Waals surface area contributed by atoms with E-state index >= 15 is 0 Å². The highest BCUT2D eigenvalue weighted by molar-refractivity contribution is 7.98. The van der Waals surface area contributed by atoms with Gasteiger partial charge in [-0.15, -0.1) is 5.10 Å². The van der Waals surface area contributed by atoms with Crippen LogP contribution in [0.4, 0.5) is 5.95 Å². The number of ether oxygens (including phenoxy) is 1. The van der Waals surface area contributed by atoms with E-state index in [9.17, 15) is 4.79 Å². The molecule has 0 bridgehead atoms. The number of anilines is 1. The van der Waals surface area contributed by atoms with Gasteiger partial charge in [0.25, 0.3) is 0 Å². The Kier molecular flexibility index (Phi) is 6.58. The van der Waals surface area contributed by atoms with Crippen LogP contribution in [0.1, 0.15) is 42.1 Å². The first kappa shape index (κ1) is 22.4. The number of aromatic nitrogens is 3. The molecule has 32 heavy (non-hydrogen) atoms. The molecule has 1 aliphatic heterocycles. The summed E-state index contributed by atoms with van der Waals surface area (Å²) < 4.78 is 7.10. The van der Waals surface area contributed by atoms with Crippen LogP contribution in [0.5, 0.6) is 0 Å². The van der Waals surface area contributed by atoms with E-state index in [1.54, 1.807) is 29.4 Å². The second-order valence-corrected chi connectivity index (χ2v) is 9.10. The molecular formula is C24H25ClN4O2S. The van der Waals surface area contributed by atoms with E-state index in [4.69, 9.17) is 26.4 Å². The van der Waals surface area contributed by atoms with Crippen LogP contribution < -0.4 is 5.32 Å². The summed E-state index contributed by atoms with van der Waals surface area (Å²) in [4.78, 5) is 17.5. The Bertz CT molecular complexity index is 1200. The maximum absolute atomic E-state index is 12.9. The van der Waals surface area contributed by atoms with Gasteiger partial charge in [-0.3, -0.25) is 0 Å². The minimum Gasteiger partial charge on any atom is -0.463 e. The van der Waals surface area contributed by atoms with E-state index in [-0.39, 0.29) is 5.97 Å². The van der Waals surface area contributed by atoms with Gasteiger partial charge in [0.15, 0.2) is 0 Å². The van der Waals surface area contributed by atoms with Gasteiger partial charge in [0.2, 0.25) is 11.1 Å². The van der Waals surface area contributed by atoms with Crippen LogP contribution in [-0.4, -0.2) is 27.3 Å². The summed E-state index contributed by atoms with van der Waals surface area (Å²) in [6.07, 6.45) is 0. The molecular weight excluding hydrogens is 444 g/mol. The number of thioether (sulfide) groups is 1. The average Bonchev–Trinajstić information content (AvgIpc) is 3.15. The molecule has 1 N–H and O–H groups in total. The quantitative estimate of drug-likeness (QED) is 0.370. The van der Waals surface area contributed by atoms with Crippen LogP contribution in [0.25, 0.3) is 0 Å². The number of fused-ring (bicyclic) bond motifs is 1. The van der Waals surface area contributed by atoms with Crippen molar-refractivity contribution < 1.29 is 9.53 Å². The van der Waals surface area contributed by atoms with Crippen LogP contribution >= 0.6 is 23.4 Å². The van der Waals surface area contributed by atoms with Crippen LogP contribution in [-0.2, 0) is 15.3 Å². The Hall–Kier alpha value is -2.77. The molecule has 2 aromatic carbocycles. The first-order valence-electron chi connectivity index (χ1n) is 10.4. The van der Waals surface area contributed by atoms with Crippen molar-refractivity contribution in [1.29, 1.82) is 0 Å². The van der Waals surface area contributed by atoms with Gasteiger partial charge in [-0.05, 0) is 56.5 Å². The van der Waals surface area contributed by atoms with Crippen molar-refractivity contribution in [3.8, 4) is 0 Å². The monoisotopic (exact) mass is 468 g/mol. The van der Waals surface area contributed by atoms with Gasteiger partial charge in [-0.1, -0.05) is 59.3 Å². The normalized spacial score (nSPS) is 15.3. The summed E-state index contributed by atoms with van der Waals surface area (Å²) in [7, 11) is 0. The Morgan fingerprint density at radius 1 is 1.22 bits per heavy atom. The predicted octanol–water partition coefficient (Wildman–Crippen LogP) is 5.69. The SMILES string of the molecule is CCOC(=O)C1=C(C)Nc2nc(SCc3cc(C)ccc3C)nn2[C@@H]1c1cccc(Cl)c1. The molecule has 0 fully saturated rings. The zero-order chi connectivity index (χ0) is 22.8. The Balaban J connectivity index is 1.70. The van der Waals surface area contributed by atoms with Crippen LogP contribution in [0.3, 0.4) is 0 Å². The molecule has 0 spiro atoms. The van der Waals surface area contributed by atoms with E-state index in [2.05, 4.69) is 37.4 Å². The number of rotatable bonds is 6. The third-order valence-electron chi connectivity index (χ3n) is 5.35. The second kappa shape index (κ2) is 9.38. The lowest BCUT2D eigenvalue weighted by Gasteiger charge is -2.28. The van der Waals surface area contributed by atoms with Crippen LogP contribution in [0.15, 0.2) is 58.9 Å². The van der Waals surface area contributed by atoms with Crippen LogP contribution in [0, 0.1) is 13.8 Å². The predicted molar refractivity (Wildman–Crippen MR) is 128 cm³/mol. The number of halogens is 1. The third kappa shape index (κ3) is 4.54. The van der Waals surface area contributed by atoms with E-state index in [0.717, 1.165) is 11.3 Å². The van der Waals surface area contributed by atoms with Crippen LogP contribution in [0.2, 0.25) is 5.02 Å². The van der Waals surface area contributed by atoms with Crippen molar-refractivity contribution in [2.45, 2.75) is 44.6 Å². The van der Waals surface area contributed by atoms with Crippen molar-refractivity contribution in [1.82, 2.24) is 14.8 Å². The highest BCUT2D eigenvalue weighted by Gasteiger charge is 2.35. The zero-order valence-corrected chi connectivity index (χ0v) is 20.0. The van der Waals surface area contributed by atoms with Gasteiger partial charge in [0.1, 0.15) is 6.04 Å². The summed E-state index contributed by atoms with van der Waals surface area (Å²) in [5, 5.41) is 9.21. The lowest BCUT2D eigenvalue weighted by atomic mass is 9.96. The summed E-state index contributed by atoms with van der Waals surface area (Å²) in [6, 6.07) is 13.4. The molecule has 0 saturated heterocycles. The lowest BCUT2D eigenvalue weighted by Crippen LogP contribution is -2.29. The van der Waals surface area contributed by atoms with Gasteiger partial charge < -0.3 is 10.1 Å². The topological polar surface area (TPSA) is 69.0 Å². The number of nitrogens with one attached hydrogen (secondary N) is 1. The summed E-state index contributed by atoms with van der Waals surface area (Å²) in [5.74, 6) is 0.966. The number of hydrogen-bond donors (Lipinski definition) is 1. The van der Waals surface area contributed by atoms with Gasteiger partial charge >= 0.3 is 5.97 Å². The second-order valence-electron chi connectivity index (χ2n) is 7.72. The summed E-state index contributed by atoms with van der Waals surface area (Å²) in [5.41, 5.74) is 5.76. The average molecular weight is 469 g/mol. The lowest BCUT2D eigenvalue weighted by molar-refractivity contribution is -0.139. The smallest absolute Gasteiger partial charge is 0.338 e. The summed E-state index contributed by atoms with van der Waals surface area (Å²) in [6.45, 7) is 8.13. The number of carbonyl (C=O) groups excluding carboxylic acids is 1. The first-order chi connectivity index (χ1) is 15.4. The highest BCUT2D eigenvalue weighted by atomic mass is 35.5. The Morgan fingerprint density at radius 2 is 2.03 bits per heavy atom. The van der Waals surface area contributed by atoms with Crippen molar-refractivity contribution in [3.63, 3.8) is 0 Å². The minimum atomic E-state index is -0.480. The third-order valence-corrected chi connectivity index (χ3v) is 6.48. The number of aryl methyl sites for hydroxylation is 2. The highest BCUT2D eigenvalue weighted by Crippen LogP contribution is 2.37. The van der Waals surface area contributed by atoms with Crippen molar-refractivity contribution in [2.75, 3.05) is 11.9 Å². The molecule has 166 valence electrons. The van der Waals surface area contributed by atoms with Crippen molar-refractivity contribution in [2.24, 2.45) is 0 Å². The first-order valence-corrected chi connectivity index (χ1v) is 11.8. The fourth-order valence-corrected chi connectivity index (χ4v) is 4.84.